The van der Waals surface area contributed by atoms with Gasteiger partial charge in [-0.3, -0.25) is 9.59 Å². The number of hydrogen-bond acceptors (Lipinski definition) is 3. The lowest BCUT2D eigenvalue weighted by Gasteiger charge is -2.21. The van der Waals surface area contributed by atoms with Crippen molar-refractivity contribution >= 4 is 23.6 Å². The normalized spacial score (nSPS) is 13.6. The van der Waals surface area contributed by atoms with Gasteiger partial charge in [0, 0.05) is 5.54 Å². The molecule has 0 aliphatic carbocycles. The largest absolute Gasteiger partial charge is 0.480 e. The number of carboxylic acid groups (broad SMARTS) is 1. The van der Waals surface area contributed by atoms with E-state index in [2.05, 4.69) is 5.32 Å². The van der Waals surface area contributed by atoms with Crippen LogP contribution in [0.1, 0.15) is 34.6 Å². The summed E-state index contributed by atoms with van der Waals surface area (Å²) in [6.45, 7) is 9.37. The molecule has 0 aromatic heterocycles. The molecule has 0 aliphatic rings. The fraction of sp³-hybridized carbons (Fsp3) is 0.818. The number of nitrogens with one attached hydrogen (secondary N) is 1. The molecule has 1 atom stereocenters. The van der Waals surface area contributed by atoms with E-state index in [1.807, 2.05) is 34.6 Å². The maximum atomic E-state index is 11.5. The SMILES string of the molecule is CC(C)C(SCC(=O)NC(C)(C)C)C(=O)O. The monoisotopic (exact) mass is 247 g/mol. The minimum Gasteiger partial charge on any atom is -0.480 e. The standard InChI is InChI=1S/C11H21NO3S/c1-7(2)9(10(14)15)16-6-8(13)12-11(3,4)5/h7,9H,6H2,1-5H3,(H,12,13)(H,14,15). The van der Waals surface area contributed by atoms with Crippen molar-refractivity contribution in [2.45, 2.75) is 45.4 Å². The number of aliphatic carboxylic acids is 1. The number of thioether (sulfide) groups is 1. The summed E-state index contributed by atoms with van der Waals surface area (Å²) < 4.78 is 0. The Morgan fingerprint density at radius 3 is 2.12 bits per heavy atom. The number of carbonyl (C=O) groups is 2. The van der Waals surface area contributed by atoms with Gasteiger partial charge in [0.2, 0.25) is 5.91 Å². The summed E-state index contributed by atoms with van der Waals surface area (Å²) in [4.78, 5) is 22.4. The quantitative estimate of drug-likeness (QED) is 0.776. The Balaban J connectivity index is 4.12. The number of carboxylic acids is 1. The van der Waals surface area contributed by atoms with E-state index in [9.17, 15) is 9.59 Å². The summed E-state index contributed by atoms with van der Waals surface area (Å²) in [6, 6.07) is 0. The molecular weight excluding hydrogens is 226 g/mol. The van der Waals surface area contributed by atoms with E-state index >= 15 is 0 Å². The van der Waals surface area contributed by atoms with Crippen LogP contribution < -0.4 is 5.32 Å². The molecule has 0 aromatic carbocycles. The van der Waals surface area contributed by atoms with Crippen molar-refractivity contribution in [3.05, 3.63) is 0 Å². The van der Waals surface area contributed by atoms with E-state index in [1.165, 1.54) is 11.8 Å². The Morgan fingerprint density at radius 2 is 1.81 bits per heavy atom. The Morgan fingerprint density at radius 1 is 1.31 bits per heavy atom. The molecule has 0 aliphatic heterocycles. The van der Waals surface area contributed by atoms with Crippen LogP contribution >= 0.6 is 11.8 Å². The molecule has 0 saturated heterocycles. The average molecular weight is 247 g/mol. The lowest BCUT2D eigenvalue weighted by atomic mass is 10.1. The molecule has 1 amide bonds. The molecule has 0 aromatic rings. The molecule has 0 heterocycles. The van der Waals surface area contributed by atoms with Gasteiger partial charge in [-0.25, -0.2) is 0 Å². The van der Waals surface area contributed by atoms with Crippen molar-refractivity contribution in [2.24, 2.45) is 5.92 Å². The molecule has 5 heteroatoms. The lowest BCUT2D eigenvalue weighted by molar-refractivity contribution is -0.137. The van der Waals surface area contributed by atoms with E-state index in [-0.39, 0.29) is 23.1 Å². The van der Waals surface area contributed by atoms with Crippen LogP contribution in [0.4, 0.5) is 0 Å². The van der Waals surface area contributed by atoms with Crippen LogP contribution in [0.25, 0.3) is 0 Å². The highest BCUT2D eigenvalue weighted by molar-refractivity contribution is 8.01. The number of carbonyl (C=O) groups excluding carboxylic acids is 1. The first-order valence-corrected chi connectivity index (χ1v) is 6.34. The van der Waals surface area contributed by atoms with Crippen LogP contribution in [0.5, 0.6) is 0 Å². The highest BCUT2D eigenvalue weighted by atomic mass is 32.2. The van der Waals surface area contributed by atoms with Crippen molar-refractivity contribution in [1.82, 2.24) is 5.32 Å². The van der Waals surface area contributed by atoms with E-state index < -0.39 is 11.2 Å². The van der Waals surface area contributed by atoms with Gasteiger partial charge >= 0.3 is 5.97 Å². The second-order valence-electron chi connectivity index (χ2n) is 5.11. The summed E-state index contributed by atoms with van der Waals surface area (Å²) in [6.07, 6.45) is 0. The molecule has 1 unspecified atom stereocenters. The van der Waals surface area contributed by atoms with Gasteiger partial charge < -0.3 is 10.4 Å². The summed E-state index contributed by atoms with van der Waals surface area (Å²) in [5, 5.41) is 11.2. The highest BCUT2D eigenvalue weighted by Crippen LogP contribution is 2.19. The van der Waals surface area contributed by atoms with Gasteiger partial charge in [0.25, 0.3) is 0 Å². The van der Waals surface area contributed by atoms with E-state index in [0.717, 1.165) is 0 Å². The number of hydrogen-bond donors (Lipinski definition) is 2. The average Bonchev–Trinajstić information content (AvgIpc) is 1.98. The minimum absolute atomic E-state index is 0.0185. The van der Waals surface area contributed by atoms with Gasteiger partial charge in [0.1, 0.15) is 5.25 Å². The Hall–Kier alpha value is -0.710. The Kier molecular flexibility index (Phi) is 5.86. The minimum atomic E-state index is -0.858. The lowest BCUT2D eigenvalue weighted by Crippen LogP contribution is -2.42. The first kappa shape index (κ1) is 15.3. The third kappa shape index (κ3) is 6.71. The van der Waals surface area contributed by atoms with Gasteiger partial charge in [0.05, 0.1) is 5.75 Å². The summed E-state index contributed by atoms with van der Waals surface area (Å²) >= 11 is 1.17. The third-order valence-corrected chi connectivity index (χ3v) is 3.29. The van der Waals surface area contributed by atoms with Crippen molar-refractivity contribution in [2.75, 3.05) is 5.75 Å². The molecule has 94 valence electrons. The molecule has 4 nitrogen and oxygen atoms in total. The fourth-order valence-corrected chi connectivity index (χ4v) is 2.10. The molecule has 0 bridgehead atoms. The maximum absolute atomic E-state index is 11.5. The topological polar surface area (TPSA) is 66.4 Å². The predicted octanol–water partition coefficient (Wildman–Crippen LogP) is 1.74. The predicted molar refractivity (Wildman–Crippen MR) is 66.6 cm³/mol. The zero-order chi connectivity index (χ0) is 12.9. The zero-order valence-corrected chi connectivity index (χ0v) is 11.4. The molecule has 2 N–H and O–H groups in total. The van der Waals surface area contributed by atoms with Crippen LogP contribution in [0, 0.1) is 5.92 Å². The Bertz CT molecular complexity index is 258. The van der Waals surface area contributed by atoms with Gasteiger partial charge in [-0.15, -0.1) is 11.8 Å². The van der Waals surface area contributed by atoms with Gasteiger partial charge in [-0.1, -0.05) is 13.8 Å². The third-order valence-electron chi connectivity index (χ3n) is 1.76. The molecule has 16 heavy (non-hydrogen) atoms. The summed E-state index contributed by atoms with van der Waals surface area (Å²) in [5.41, 5.74) is -0.270. The molecule has 0 fully saturated rings. The van der Waals surface area contributed by atoms with Crippen LogP contribution in [0.2, 0.25) is 0 Å². The fourth-order valence-electron chi connectivity index (χ4n) is 1.17. The van der Waals surface area contributed by atoms with Crippen LogP contribution in [-0.4, -0.2) is 33.5 Å². The Labute approximate surface area is 101 Å². The molecular formula is C11H21NO3S. The second kappa shape index (κ2) is 6.13. The van der Waals surface area contributed by atoms with Crippen LogP contribution in [0.15, 0.2) is 0 Å². The first-order valence-electron chi connectivity index (χ1n) is 5.29. The van der Waals surface area contributed by atoms with Crippen molar-refractivity contribution in [3.8, 4) is 0 Å². The first-order chi connectivity index (χ1) is 7.13. The maximum Gasteiger partial charge on any atom is 0.316 e. The summed E-state index contributed by atoms with van der Waals surface area (Å²) in [5.74, 6) is -0.773. The number of amides is 1. The van der Waals surface area contributed by atoms with Gasteiger partial charge in [-0.2, -0.15) is 0 Å². The van der Waals surface area contributed by atoms with Crippen molar-refractivity contribution in [1.29, 1.82) is 0 Å². The molecule has 0 rings (SSSR count). The highest BCUT2D eigenvalue weighted by Gasteiger charge is 2.23. The van der Waals surface area contributed by atoms with E-state index in [1.54, 1.807) is 0 Å². The number of rotatable bonds is 5. The van der Waals surface area contributed by atoms with Crippen LogP contribution in [-0.2, 0) is 9.59 Å². The zero-order valence-electron chi connectivity index (χ0n) is 10.5. The summed E-state index contributed by atoms with van der Waals surface area (Å²) in [7, 11) is 0. The molecule has 0 saturated carbocycles. The van der Waals surface area contributed by atoms with Crippen molar-refractivity contribution in [3.63, 3.8) is 0 Å². The van der Waals surface area contributed by atoms with Crippen molar-refractivity contribution < 1.29 is 14.7 Å². The van der Waals surface area contributed by atoms with Crippen LogP contribution in [0.3, 0.4) is 0 Å². The molecule has 0 spiro atoms. The van der Waals surface area contributed by atoms with E-state index in [4.69, 9.17) is 5.11 Å². The van der Waals surface area contributed by atoms with Gasteiger partial charge in [0.15, 0.2) is 0 Å². The smallest absolute Gasteiger partial charge is 0.316 e. The van der Waals surface area contributed by atoms with E-state index in [0.29, 0.717) is 0 Å². The van der Waals surface area contributed by atoms with Gasteiger partial charge in [-0.05, 0) is 26.7 Å². The second-order valence-corrected chi connectivity index (χ2v) is 6.24. The molecule has 0 radical (unpaired) electrons.